The number of benzene rings is 2. The highest BCUT2D eigenvalue weighted by Crippen LogP contribution is 2.19. The molecule has 0 bridgehead atoms. The van der Waals surface area contributed by atoms with Gasteiger partial charge in [-0.3, -0.25) is 4.79 Å². The van der Waals surface area contributed by atoms with Gasteiger partial charge in [0.15, 0.2) is 4.80 Å². The van der Waals surface area contributed by atoms with E-state index in [1.165, 1.54) is 29.5 Å². The molecule has 1 amide bonds. The van der Waals surface area contributed by atoms with Gasteiger partial charge in [0.05, 0.1) is 10.2 Å². The van der Waals surface area contributed by atoms with Crippen molar-refractivity contribution in [3.8, 4) is 0 Å². The van der Waals surface area contributed by atoms with Gasteiger partial charge in [-0.15, -0.1) is 6.58 Å². The highest BCUT2D eigenvalue weighted by Gasteiger charge is 2.07. The van der Waals surface area contributed by atoms with Crippen molar-refractivity contribution in [2.24, 2.45) is 4.99 Å². The molecule has 0 aliphatic carbocycles. The second kappa shape index (κ2) is 7.59. The first-order chi connectivity index (χ1) is 12.1. The molecule has 2 aromatic carbocycles. The number of aromatic nitrogens is 1. The van der Waals surface area contributed by atoms with Crippen LogP contribution in [0.5, 0.6) is 0 Å². The first-order valence-electron chi connectivity index (χ1n) is 7.49. The first kappa shape index (κ1) is 17.3. The Morgan fingerprint density at radius 1 is 1.32 bits per heavy atom. The quantitative estimate of drug-likeness (QED) is 0.477. The zero-order valence-corrected chi connectivity index (χ0v) is 14.7. The second-order valence-electron chi connectivity index (χ2n) is 5.20. The van der Waals surface area contributed by atoms with Crippen LogP contribution in [0.1, 0.15) is 5.56 Å². The molecule has 0 unspecified atom stereocenters. The van der Waals surface area contributed by atoms with Crippen LogP contribution in [0.4, 0.5) is 4.39 Å². The van der Waals surface area contributed by atoms with Gasteiger partial charge < -0.3 is 4.57 Å². The lowest BCUT2D eigenvalue weighted by Gasteiger charge is -2.00. The summed E-state index contributed by atoms with van der Waals surface area (Å²) in [7, 11) is 0. The van der Waals surface area contributed by atoms with Crippen LogP contribution in [0.15, 0.2) is 66.2 Å². The molecule has 0 saturated carbocycles. The van der Waals surface area contributed by atoms with Crippen LogP contribution in [0.3, 0.4) is 0 Å². The van der Waals surface area contributed by atoms with Crippen LogP contribution in [-0.2, 0) is 11.3 Å². The molecule has 3 rings (SSSR count). The number of rotatable bonds is 4. The first-order valence-corrected chi connectivity index (χ1v) is 8.69. The van der Waals surface area contributed by atoms with E-state index >= 15 is 0 Å². The van der Waals surface area contributed by atoms with Crippen LogP contribution in [0.2, 0.25) is 5.02 Å². The molecule has 0 radical (unpaired) electrons. The van der Waals surface area contributed by atoms with E-state index in [1.54, 1.807) is 24.3 Å². The molecule has 1 heterocycles. The molecule has 0 fully saturated rings. The summed E-state index contributed by atoms with van der Waals surface area (Å²) < 4.78 is 16.0. The van der Waals surface area contributed by atoms with E-state index in [1.807, 2.05) is 22.8 Å². The van der Waals surface area contributed by atoms with E-state index in [4.69, 9.17) is 11.6 Å². The topological polar surface area (TPSA) is 34.4 Å². The molecule has 3 aromatic rings. The van der Waals surface area contributed by atoms with Crippen molar-refractivity contribution in [1.82, 2.24) is 4.57 Å². The van der Waals surface area contributed by atoms with Gasteiger partial charge in [-0.25, -0.2) is 4.39 Å². The van der Waals surface area contributed by atoms with Crippen molar-refractivity contribution in [3.05, 3.63) is 82.4 Å². The molecule has 126 valence electrons. The fourth-order valence-corrected chi connectivity index (χ4v) is 3.61. The number of amides is 1. The Kier molecular flexibility index (Phi) is 5.26. The molecule has 0 spiro atoms. The fourth-order valence-electron chi connectivity index (χ4n) is 2.34. The van der Waals surface area contributed by atoms with Crippen molar-refractivity contribution in [2.45, 2.75) is 6.54 Å². The van der Waals surface area contributed by atoms with E-state index in [-0.39, 0.29) is 5.82 Å². The van der Waals surface area contributed by atoms with Crippen LogP contribution in [0.25, 0.3) is 16.3 Å². The van der Waals surface area contributed by atoms with Crippen molar-refractivity contribution >= 4 is 45.1 Å². The Labute approximate surface area is 153 Å². The summed E-state index contributed by atoms with van der Waals surface area (Å²) in [6.45, 7) is 4.20. The molecule has 0 aliphatic rings. The van der Waals surface area contributed by atoms with Gasteiger partial charge in [0.2, 0.25) is 0 Å². The predicted octanol–water partition coefficient (Wildman–Crippen LogP) is 4.82. The minimum absolute atomic E-state index is 0.323. The maximum Gasteiger partial charge on any atom is 0.272 e. The summed E-state index contributed by atoms with van der Waals surface area (Å²) in [6, 6.07) is 11.7. The average molecular weight is 373 g/mol. The van der Waals surface area contributed by atoms with Crippen molar-refractivity contribution in [1.29, 1.82) is 0 Å². The fraction of sp³-hybridized carbons (Fsp3) is 0.0526. The lowest BCUT2D eigenvalue weighted by molar-refractivity contribution is -0.113. The van der Waals surface area contributed by atoms with Crippen LogP contribution in [-0.4, -0.2) is 10.5 Å². The molecule has 0 atom stereocenters. The third-order valence-corrected chi connectivity index (χ3v) is 4.86. The number of carbonyl (C=O) groups is 1. The summed E-state index contributed by atoms with van der Waals surface area (Å²) in [5.74, 6) is -0.735. The summed E-state index contributed by atoms with van der Waals surface area (Å²) in [5.41, 5.74) is 1.55. The lowest BCUT2D eigenvalue weighted by atomic mass is 10.2. The number of nitrogens with zero attached hydrogens (tertiary/aromatic N) is 2. The number of fused-ring (bicyclic) bond motifs is 1. The largest absolute Gasteiger partial charge is 0.312 e. The molecular weight excluding hydrogens is 359 g/mol. The van der Waals surface area contributed by atoms with Crippen LogP contribution < -0.4 is 4.80 Å². The van der Waals surface area contributed by atoms with E-state index in [0.29, 0.717) is 16.4 Å². The Bertz CT molecular complexity index is 1050. The Morgan fingerprint density at radius 2 is 2.12 bits per heavy atom. The summed E-state index contributed by atoms with van der Waals surface area (Å²) in [6.07, 6.45) is 4.70. The van der Waals surface area contributed by atoms with Gasteiger partial charge >= 0.3 is 0 Å². The third kappa shape index (κ3) is 3.95. The average Bonchev–Trinajstić information content (AvgIpc) is 2.91. The normalized spacial score (nSPS) is 12.2. The summed E-state index contributed by atoms with van der Waals surface area (Å²) in [5, 5.41) is 0.561. The maximum absolute atomic E-state index is 13.4. The lowest BCUT2D eigenvalue weighted by Crippen LogP contribution is -2.15. The maximum atomic E-state index is 13.4. The molecule has 1 aromatic heterocycles. The zero-order valence-electron chi connectivity index (χ0n) is 13.2. The van der Waals surface area contributed by atoms with E-state index < -0.39 is 5.91 Å². The molecule has 0 N–H and O–H groups in total. The third-order valence-electron chi connectivity index (χ3n) is 3.47. The Morgan fingerprint density at radius 3 is 2.88 bits per heavy atom. The number of hydrogen-bond acceptors (Lipinski definition) is 2. The standard InChI is InChI=1S/C19H14ClFN2OS/c1-2-11-23-16-9-8-14(21)12-17(16)25-19(23)22-18(24)10-7-13-5-3-4-6-15(13)20/h2-10,12H,1,11H2. The second-order valence-corrected chi connectivity index (χ2v) is 6.62. The van der Waals surface area contributed by atoms with Gasteiger partial charge in [0.25, 0.3) is 5.91 Å². The Hall–Kier alpha value is -2.50. The van der Waals surface area contributed by atoms with E-state index in [9.17, 15) is 9.18 Å². The number of carbonyl (C=O) groups excluding carboxylic acids is 1. The van der Waals surface area contributed by atoms with Gasteiger partial charge in [0, 0.05) is 17.6 Å². The number of halogens is 2. The van der Waals surface area contributed by atoms with Crippen molar-refractivity contribution in [2.75, 3.05) is 0 Å². The van der Waals surface area contributed by atoms with Crippen molar-refractivity contribution in [3.63, 3.8) is 0 Å². The molecular formula is C19H14ClFN2OS. The zero-order chi connectivity index (χ0) is 17.8. The van der Waals surface area contributed by atoms with Gasteiger partial charge in [0.1, 0.15) is 5.82 Å². The number of hydrogen-bond donors (Lipinski definition) is 0. The predicted molar refractivity (Wildman–Crippen MR) is 101 cm³/mol. The molecule has 3 nitrogen and oxygen atoms in total. The van der Waals surface area contributed by atoms with Crippen molar-refractivity contribution < 1.29 is 9.18 Å². The van der Waals surface area contributed by atoms with Gasteiger partial charge in [-0.2, -0.15) is 4.99 Å². The minimum atomic E-state index is -0.412. The molecule has 0 aliphatic heterocycles. The van der Waals surface area contributed by atoms with Gasteiger partial charge in [-0.05, 0) is 35.9 Å². The molecule has 0 saturated heterocycles. The molecule has 6 heteroatoms. The Balaban J connectivity index is 1.99. The summed E-state index contributed by atoms with van der Waals surface area (Å²) >= 11 is 7.32. The van der Waals surface area contributed by atoms with E-state index in [0.717, 1.165) is 15.8 Å². The van der Waals surface area contributed by atoms with E-state index in [2.05, 4.69) is 11.6 Å². The molecule has 25 heavy (non-hydrogen) atoms. The SMILES string of the molecule is C=CCn1c(=NC(=O)C=Cc2ccccc2Cl)sc2cc(F)ccc21. The van der Waals surface area contributed by atoms with Gasteiger partial charge in [-0.1, -0.05) is 47.2 Å². The van der Waals surface area contributed by atoms with Crippen LogP contribution >= 0.6 is 22.9 Å². The number of thiazole rings is 1. The number of allylic oxidation sites excluding steroid dienone is 1. The minimum Gasteiger partial charge on any atom is -0.312 e. The monoisotopic (exact) mass is 372 g/mol. The van der Waals surface area contributed by atoms with Crippen LogP contribution in [0, 0.1) is 5.82 Å². The highest BCUT2D eigenvalue weighted by molar-refractivity contribution is 7.16. The smallest absolute Gasteiger partial charge is 0.272 e. The highest BCUT2D eigenvalue weighted by atomic mass is 35.5. The summed E-state index contributed by atoms with van der Waals surface area (Å²) in [4.78, 5) is 16.8.